The molecule has 3 nitrogen and oxygen atoms in total. The molecule has 0 bridgehead atoms. The van der Waals surface area contributed by atoms with Gasteiger partial charge in [0.2, 0.25) is 5.88 Å². The summed E-state index contributed by atoms with van der Waals surface area (Å²) in [6.45, 7) is -0.441. The lowest BCUT2D eigenvalue weighted by atomic mass is 10.0. The van der Waals surface area contributed by atoms with E-state index in [0.717, 1.165) is 6.20 Å². The molecule has 0 aliphatic rings. The molecule has 2 aromatic rings. The number of rotatable bonds is 3. The number of nitrogens with zero attached hydrogens (tertiary/aromatic N) is 1. The molecule has 0 saturated carbocycles. The lowest BCUT2D eigenvalue weighted by Gasteiger charge is -2.07. The summed E-state index contributed by atoms with van der Waals surface area (Å²) in [4.78, 5) is 3.72. The Balaban J connectivity index is 2.54. The number of pyridine rings is 1. The van der Waals surface area contributed by atoms with Crippen LogP contribution in [0.4, 0.5) is 8.78 Å². The molecular weight excluding hydrogens is 240 g/mol. The van der Waals surface area contributed by atoms with Crippen molar-refractivity contribution in [2.45, 2.75) is 6.61 Å². The van der Waals surface area contributed by atoms with Gasteiger partial charge in [-0.05, 0) is 17.7 Å². The number of benzene rings is 1. The van der Waals surface area contributed by atoms with Crippen molar-refractivity contribution in [3.63, 3.8) is 0 Å². The first-order chi connectivity index (χ1) is 8.65. The first-order valence-electron chi connectivity index (χ1n) is 5.25. The molecule has 0 radical (unpaired) electrons. The SMILES string of the molecule is COc1cc(-c2ccc(F)c(CO)c2)c(F)cn1. The molecule has 18 heavy (non-hydrogen) atoms. The van der Waals surface area contributed by atoms with Gasteiger partial charge in [0.05, 0.1) is 19.9 Å². The van der Waals surface area contributed by atoms with Crippen LogP contribution in [0.15, 0.2) is 30.5 Å². The van der Waals surface area contributed by atoms with Crippen LogP contribution in [0.1, 0.15) is 5.56 Å². The van der Waals surface area contributed by atoms with E-state index in [1.54, 1.807) is 0 Å². The molecule has 94 valence electrons. The third-order valence-corrected chi connectivity index (χ3v) is 2.57. The van der Waals surface area contributed by atoms with E-state index in [-0.39, 0.29) is 17.0 Å². The molecule has 2 rings (SSSR count). The van der Waals surface area contributed by atoms with Crippen LogP contribution in [-0.4, -0.2) is 17.2 Å². The molecule has 0 unspecified atom stereocenters. The Kier molecular flexibility index (Phi) is 3.53. The summed E-state index contributed by atoms with van der Waals surface area (Å²) < 4.78 is 31.8. The molecule has 0 saturated heterocycles. The van der Waals surface area contributed by atoms with Crippen LogP contribution in [0, 0.1) is 11.6 Å². The number of aromatic nitrogens is 1. The maximum atomic E-state index is 13.7. The summed E-state index contributed by atoms with van der Waals surface area (Å²) in [5.41, 5.74) is 0.817. The van der Waals surface area contributed by atoms with Gasteiger partial charge < -0.3 is 9.84 Å². The first kappa shape index (κ1) is 12.4. The quantitative estimate of drug-likeness (QED) is 0.911. The highest BCUT2D eigenvalue weighted by Gasteiger charge is 2.10. The number of methoxy groups -OCH3 is 1. The molecule has 1 aromatic heterocycles. The Morgan fingerprint density at radius 1 is 1.22 bits per heavy atom. The minimum atomic E-state index is -0.536. The van der Waals surface area contributed by atoms with E-state index in [1.165, 1.54) is 31.4 Å². The third-order valence-electron chi connectivity index (χ3n) is 2.57. The van der Waals surface area contributed by atoms with Crippen molar-refractivity contribution < 1.29 is 18.6 Å². The van der Waals surface area contributed by atoms with Gasteiger partial charge in [-0.1, -0.05) is 6.07 Å². The summed E-state index contributed by atoms with van der Waals surface area (Å²) in [7, 11) is 1.42. The monoisotopic (exact) mass is 251 g/mol. The fraction of sp³-hybridized carbons (Fsp3) is 0.154. The van der Waals surface area contributed by atoms with E-state index in [0.29, 0.717) is 5.56 Å². The highest BCUT2D eigenvalue weighted by molar-refractivity contribution is 5.65. The van der Waals surface area contributed by atoms with Gasteiger partial charge in [-0.3, -0.25) is 0 Å². The van der Waals surface area contributed by atoms with Gasteiger partial charge >= 0.3 is 0 Å². The smallest absolute Gasteiger partial charge is 0.213 e. The Morgan fingerprint density at radius 2 is 2.00 bits per heavy atom. The van der Waals surface area contributed by atoms with Crippen molar-refractivity contribution in [3.05, 3.63) is 47.7 Å². The van der Waals surface area contributed by atoms with Crippen molar-refractivity contribution in [2.24, 2.45) is 0 Å². The highest BCUT2D eigenvalue weighted by atomic mass is 19.1. The number of aliphatic hydroxyl groups is 1. The van der Waals surface area contributed by atoms with Crippen LogP contribution >= 0.6 is 0 Å². The second-order valence-electron chi connectivity index (χ2n) is 3.67. The van der Waals surface area contributed by atoms with Crippen molar-refractivity contribution >= 4 is 0 Å². The zero-order valence-electron chi connectivity index (χ0n) is 9.65. The molecule has 1 N–H and O–H groups in total. The van der Waals surface area contributed by atoms with E-state index in [2.05, 4.69) is 4.98 Å². The minimum Gasteiger partial charge on any atom is -0.481 e. The first-order valence-corrected chi connectivity index (χ1v) is 5.25. The van der Waals surface area contributed by atoms with Crippen LogP contribution in [0.3, 0.4) is 0 Å². The highest BCUT2D eigenvalue weighted by Crippen LogP contribution is 2.27. The van der Waals surface area contributed by atoms with Gasteiger partial charge in [0.1, 0.15) is 11.6 Å². The van der Waals surface area contributed by atoms with Crippen molar-refractivity contribution in [1.29, 1.82) is 0 Å². The number of aliphatic hydroxyl groups excluding tert-OH is 1. The van der Waals surface area contributed by atoms with Gasteiger partial charge in [0, 0.05) is 17.2 Å². The van der Waals surface area contributed by atoms with E-state index in [4.69, 9.17) is 9.84 Å². The van der Waals surface area contributed by atoms with Crippen molar-refractivity contribution in [3.8, 4) is 17.0 Å². The van der Waals surface area contributed by atoms with Gasteiger partial charge in [0.15, 0.2) is 0 Å². The average molecular weight is 251 g/mol. The summed E-state index contributed by atoms with van der Waals surface area (Å²) in [6.07, 6.45) is 1.04. The number of hydrogen-bond donors (Lipinski definition) is 1. The van der Waals surface area contributed by atoms with E-state index in [1.807, 2.05) is 0 Å². The Morgan fingerprint density at radius 3 is 2.67 bits per heavy atom. The van der Waals surface area contributed by atoms with Crippen LogP contribution < -0.4 is 4.74 Å². The second kappa shape index (κ2) is 5.10. The van der Waals surface area contributed by atoms with E-state index in [9.17, 15) is 8.78 Å². The van der Waals surface area contributed by atoms with Crippen LogP contribution in [0.25, 0.3) is 11.1 Å². The predicted octanol–water partition coefficient (Wildman–Crippen LogP) is 2.53. The lowest BCUT2D eigenvalue weighted by Crippen LogP contribution is -1.94. The average Bonchev–Trinajstić information content (AvgIpc) is 2.40. The second-order valence-corrected chi connectivity index (χ2v) is 3.67. The normalized spacial score (nSPS) is 10.4. The fourth-order valence-corrected chi connectivity index (χ4v) is 1.62. The van der Waals surface area contributed by atoms with Crippen LogP contribution in [0.5, 0.6) is 5.88 Å². The zero-order valence-corrected chi connectivity index (χ0v) is 9.65. The maximum Gasteiger partial charge on any atom is 0.213 e. The zero-order chi connectivity index (χ0) is 13.1. The molecule has 0 aliphatic carbocycles. The molecule has 0 aliphatic heterocycles. The van der Waals surface area contributed by atoms with Crippen molar-refractivity contribution in [1.82, 2.24) is 4.98 Å². The Bertz CT molecular complexity index is 573. The Labute approximate surface area is 103 Å². The fourth-order valence-electron chi connectivity index (χ4n) is 1.62. The third kappa shape index (κ3) is 2.31. The minimum absolute atomic E-state index is 0.114. The molecule has 1 heterocycles. The van der Waals surface area contributed by atoms with Crippen molar-refractivity contribution in [2.75, 3.05) is 7.11 Å². The summed E-state index contributed by atoms with van der Waals surface area (Å²) in [5, 5.41) is 8.99. The van der Waals surface area contributed by atoms with Gasteiger partial charge in [-0.15, -0.1) is 0 Å². The van der Waals surface area contributed by atoms with Gasteiger partial charge in [0.25, 0.3) is 0 Å². The van der Waals surface area contributed by atoms with Gasteiger partial charge in [-0.2, -0.15) is 0 Å². The standard InChI is InChI=1S/C13H11F2NO2/c1-18-13-5-10(12(15)6-16-13)8-2-3-11(14)9(4-8)7-17/h2-6,17H,7H2,1H3. The van der Waals surface area contributed by atoms with Crippen LogP contribution in [-0.2, 0) is 6.61 Å². The summed E-state index contributed by atoms with van der Waals surface area (Å²) >= 11 is 0. The largest absolute Gasteiger partial charge is 0.481 e. The summed E-state index contributed by atoms with van der Waals surface area (Å²) in [6, 6.07) is 5.44. The van der Waals surface area contributed by atoms with E-state index >= 15 is 0 Å². The molecular formula is C13H11F2NO2. The predicted molar refractivity (Wildman–Crippen MR) is 62.1 cm³/mol. The van der Waals surface area contributed by atoms with Crippen LogP contribution in [0.2, 0.25) is 0 Å². The number of ether oxygens (including phenoxy) is 1. The number of hydrogen-bond acceptors (Lipinski definition) is 3. The molecule has 0 atom stereocenters. The molecule has 0 amide bonds. The molecule has 5 heteroatoms. The Hall–Kier alpha value is -2.01. The lowest BCUT2D eigenvalue weighted by molar-refractivity contribution is 0.276. The van der Waals surface area contributed by atoms with Gasteiger partial charge in [-0.25, -0.2) is 13.8 Å². The molecule has 1 aromatic carbocycles. The molecule has 0 fully saturated rings. The summed E-state index contributed by atoms with van der Waals surface area (Å²) in [5.74, 6) is -0.796. The number of halogens is 2. The topological polar surface area (TPSA) is 42.4 Å². The maximum absolute atomic E-state index is 13.7. The van der Waals surface area contributed by atoms with E-state index < -0.39 is 18.2 Å². The molecule has 0 spiro atoms.